The molecule has 0 spiro atoms. The minimum Gasteiger partial charge on any atom is -0.486 e. The lowest BCUT2D eigenvalue weighted by Crippen LogP contribution is -1.97. The average Bonchev–Trinajstić information content (AvgIpc) is 2.82. The number of nitrogens with two attached hydrogens (primary N) is 1. The van der Waals surface area contributed by atoms with Crippen molar-refractivity contribution in [2.24, 2.45) is 0 Å². The van der Waals surface area contributed by atoms with Crippen molar-refractivity contribution in [2.75, 3.05) is 5.73 Å². The molecule has 3 rings (SSSR count). The van der Waals surface area contributed by atoms with Crippen LogP contribution >= 0.6 is 0 Å². The molecule has 0 bridgehead atoms. The van der Waals surface area contributed by atoms with E-state index in [1.165, 1.54) is 6.33 Å². The van der Waals surface area contributed by atoms with Crippen LogP contribution in [0.4, 0.5) is 5.82 Å². The van der Waals surface area contributed by atoms with Crippen molar-refractivity contribution in [1.29, 1.82) is 0 Å². The van der Waals surface area contributed by atoms with E-state index in [1.807, 2.05) is 30.3 Å². The zero-order valence-electron chi connectivity index (χ0n) is 9.50. The second kappa shape index (κ2) is 4.33. The SMILES string of the molecule is Nc1ncnc2nc(COc3ccccc3)[nH]c12. The zero-order valence-corrected chi connectivity index (χ0v) is 9.50. The standard InChI is InChI=1S/C12H11N5O/c13-11-10-12(15-7-14-11)17-9(16-10)6-18-8-4-2-1-3-5-8/h1-5,7H,6H2,(H3,13,14,15,16,17). The lowest BCUT2D eigenvalue weighted by molar-refractivity contribution is 0.297. The molecule has 0 aliphatic rings. The Kier molecular flexibility index (Phi) is 2.53. The molecule has 0 aliphatic heterocycles. The summed E-state index contributed by atoms with van der Waals surface area (Å²) in [5.41, 5.74) is 6.91. The Morgan fingerprint density at radius 3 is 2.78 bits per heavy atom. The molecule has 0 atom stereocenters. The lowest BCUT2D eigenvalue weighted by atomic mass is 10.3. The summed E-state index contributed by atoms with van der Waals surface area (Å²) in [7, 11) is 0. The number of ether oxygens (including phenoxy) is 1. The van der Waals surface area contributed by atoms with Gasteiger partial charge in [-0.2, -0.15) is 0 Å². The molecule has 2 aromatic heterocycles. The third-order valence-corrected chi connectivity index (χ3v) is 2.49. The van der Waals surface area contributed by atoms with E-state index in [1.54, 1.807) is 0 Å². The summed E-state index contributed by atoms with van der Waals surface area (Å²) in [5.74, 6) is 1.84. The van der Waals surface area contributed by atoms with Crippen LogP contribution in [0.3, 0.4) is 0 Å². The van der Waals surface area contributed by atoms with E-state index in [0.29, 0.717) is 29.4 Å². The summed E-state index contributed by atoms with van der Waals surface area (Å²) < 4.78 is 5.58. The molecule has 0 amide bonds. The van der Waals surface area contributed by atoms with Crippen LogP contribution in [-0.2, 0) is 6.61 Å². The number of H-pyrrole nitrogens is 1. The van der Waals surface area contributed by atoms with Crippen molar-refractivity contribution in [3.8, 4) is 5.75 Å². The number of hydrogen-bond donors (Lipinski definition) is 2. The fourth-order valence-electron chi connectivity index (χ4n) is 1.63. The van der Waals surface area contributed by atoms with Crippen LogP contribution in [0.5, 0.6) is 5.75 Å². The number of nitrogens with one attached hydrogen (secondary N) is 1. The van der Waals surface area contributed by atoms with E-state index >= 15 is 0 Å². The molecule has 2 heterocycles. The molecule has 18 heavy (non-hydrogen) atoms. The molecule has 3 N–H and O–H groups in total. The quantitative estimate of drug-likeness (QED) is 0.725. The van der Waals surface area contributed by atoms with Crippen molar-refractivity contribution < 1.29 is 4.74 Å². The molecule has 3 aromatic rings. The Morgan fingerprint density at radius 2 is 2.00 bits per heavy atom. The van der Waals surface area contributed by atoms with E-state index in [2.05, 4.69) is 19.9 Å². The van der Waals surface area contributed by atoms with Crippen molar-refractivity contribution >= 4 is 17.0 Å². The molecule has 0 saturated carbocycles. The summed E-state index contributed by atoms with van der Waals surface area (Å²) in [6.07, 6.45) is 1.39. The smallest absolute Gasteiger partial charge is 0.183 e. The molecular formula is C12H11N5O. The number of imidazole rings is 1. The largest absolute Gasteiger partial charge is 0.486 e. The molecule has 0 unspecified atom stereocenters. The average molecular weight is 241 g/mol. The Balaban J connectivity index is 1.81. The maximum absolute atomic E-state index is 5.71. The number of para-hydroxylation sites is 1. The first kappa shape index (κ1) is 10.5. The first-order valence-corrected chi connectivity index (χ1v) is 5.46. The van der Waals surface area contributed by atoms with Crippen LogP contribution < -0.4 is 10.5 Å². The first-order valence-electron chi connectivity index (χ1n) is 5.46. The highest BCUT2D eigenvalue weighted by molar-refractivity contribution is 5.80. The van der Waals surface area contributed by atoms with E-state index in [0.717, 1.165) is 5.75 Å². The van der Waals surface area contributed by atoms with Crippen molar-refractivity contribution in [3.05, 3.63) is 42.5 Å². The third-order valence-electron chi connectivity index (χ3n) is 2.49. The molecule has 6 heteroatoms. The van der Waals surface area contributed by atoms with Gasteiger partial charge in [0.1, 0.15) is 30.0 Å². The number of nitrogen functional groups attached to an aromatic ring is 1. The number of nitrogens with zero attached hydrogens (tertiary/aromatic N) is 3. The topological polar surface area (TPSA) is 89.7 Å². The molecule has 0 fully saturated rings. The minimum absolute atomic E-state index is 0.333. The van der Waals surface area contributed by atoms with E-state index in [9.17, 15) is 0 Å². The summed E-state index contributed by atoms with van der Waals surface area (Å²) in [4.78, 5) is 15.2. The summed E-state index contributed by atoms with van der Waals surface area (Å²) in [6.45, 7) is 0.333. The van der Waals surface area contributed by atoms with Crippen molar-refractivity contribution in [2.45, 2.75) is 6.61 Å². The third kappa shape index (κ3) is 1.95. The van der Waals surface area contributed by atoms with Gasteiger partial charge in [0.25, 0.3) is 0 Å². The number of aromatic nitrogens is 4. The van der Waals surface area contributed by atoms with Crippen molar-refractivity contribution in [3.63, 3.8) is 0 Å². The van der Waals surface area contributed by atoms with Gasteiger partial charge < -0.3 is 15.5 Å². The molecule has 90 valence electrons. The molecule has 1 aromatic carbocycles. The molecular weight excluding hydrogens is 230 g/mol. The fourth-order valence-corrected chi connectivity index (χ4v) is 1.63. The normalized spacial score (nSPS) is 10.7. The number of rotatable bonds is 3. The highest BCUT2D eigenvalue weighted by Crippen LogP contribution is 2.15. The second-order valence-corrected chi connectivity index (χ2v) is 3.74. The number of benzene rings is 1. The van der Waals surface area contributed by atoms with Gasteiger partial charge in [0.15, 0.2) is 11.5 Å². The van der Waals surface area contributed by atoms with Gasteiger partial charge in [-0.3, -0.25) is 0 Å². The van der Waals surface area contributed by atoms with Crippen LogP contribution in [-0.4, -0.2) is 19.9 Å². The Bertz CT molecular complexity index is 665. The van der Waals surface area contributed by atoms with Crippen LogP contribution in [0.2, 0.25) is 0 Å². The van der Waals surface area contributed by atoms with Crippen LogP contribution in [0.25, 0.3) is 11.2 Å². The Hall–Kier alpha value is -2.63. The Labute approximate surface area is 103 Å². The molecule has 0 radical (unpaired) electrons. The van der Waals surface area contributed by atoms with Crippen LogP contribution in [0.15, 0.2) is 36.7 Å². The number of aromatic amines is 1. The summed E-state index contributed by atoms with van der Waals surface area (Å²) in [6, 6.07) is 9.53. The Morgan fingerprint density at radius 1 is 1.17 bits per heavy atom. The first-order chi connectivity index (χ1) is 8.83. The van der Waals surface area contributed by atoms with Gasteiger partial charge in [-0.25, -0.2) is 15.0 Å². The van der Waals surface area contributed by atoms with Gasteiger partial charge in [0.05, 0.1) is 0 Å². The highest BCUT2D eigenvalue weighted by Gasteiger charge is 2.07. The number of fused-ring (bicyclic) bond motifs is 1. The molecule has 0 aliphatic carbocycles. The van der Waals surface area contributed by atoms with Gasteiger partial charge in [-0.1, -0.05) is 18.2 Å². The van der Waals surface area contributed by atoms with Gasteiger partial charge in [-0.15, -0.1) is 0 Å². The fraction of sp³-hybridized carbons (Fsp3) is 0.0833. The monoisotopic (exact) mass is 241 g/mol. The van der Waals surface area contributed by atoms with E-state index in [4.69, 9.17) is 10.5 Å². The maximum Gasteiger partial charge on any atom is 0.183 e. The van der Waals surface area contributed by atoms with Gasteiger partial charge in [-0.05, 0) is 12.1 Å². The maximum atomic E-state index is 5.71. The predicted octanol–water partition coefficient (Wildman–Crippen LogP) is 1.51. The lowest BCUT2D eigenvalue weighted by Gasteiger charge is -2.02. The molecule has 6 nitrogen and oxygen atoms in total. The predicted molar refractivity (Wildman–Crippen MR) is 66.9 cm³/mol. The molecule has 0 saturated heterocycles. The highest BCUT2D eigenvalue weighted by atomic mass is 16.5. The summed E-state index contributed by atoms with van der Waals surface area (Å²) in [5, 5.41) is 0. The van der Waals surface area contributed by atoms with Gasteiger partial charge in [0.2, 0.25) is 0 Å². The van der Waals surface area contributed by atoms with Crippen LogP contribution in [0, 0.1) is 0 Å². The number of anilines is 1. The number of hydrogen-bond acceptors (Lipinski definition) is 5. The van der Waals surface area contributed by atoms with Gasteiger partial charge in [0, 0.05) is 0 Å². The van der Waals surface area contributed by atoms with E-state index < -0.39 is 0 Å². The summed E-state index contributed by atoms with van der Waals surface area (Å²) >= 11 is 0. The second-order valence-electron chi connectivity index (χ2n) is 3.74. The van der Waals surface area contributed by atoms with E-state index in [-0.39, 0.29) is 0 Å². The zero-order chi connectivity index (χ0) is 12.4. The van der Waals surface area contributed by atoms with Crippen LogP contribution in [0.1, 0.15) is 5.82 Å². The minimum atomic E-state index is 0.333. The van der Waals surface area contributed by atoms with Crippen molar-refractivity contribution in [1.82, 2.24) is 19.9 Å². The van der Waals surface area contributed by atoms with Gasteiger partial charge >= 0.3 is 0 Å².